The van der Waals surface area contributed by atoms with E-state index in [9.17, 15) is 23.7 Å². The number of ether oxygens (including phenoxy) is 4. The maximum absolute atomic E-state index is 11.0. The number of hydrogen-bond donors (Lipinski definition) is 6. The van der Waals surface area contributed by atoms with E-state index in [1.54, 1.807) is 0 Å². The van der Waals surface area contributed by atoms with Crippen molar-refractivity contribution in [1.82, 2.24) is 0 Å². The quantitative estimate of drug-likeness (QED) is 0.0958. The summed E-state index contributed by atoms with van der Waals surface area (Å²) in [4.78, 5) is 9.10. The minimum Gasteiger partial charge on any atom is -0.394 e. The van der Waals surface area contributed by atoms with Gasteiger partial charge >= 0.3 is 10.4 Å². The fourth-order valence-electron chi connectivity index (χ4n) is 3.42. The average molecular weight is 498 g/mol. The van der Waals surface area contributed by atoms with Gasteiger partial charge in [0.25, 0.3) is 0 Å². The van der Waals surface area contributed by atoms with Gasteiger partial charge in [-0.1, -0.05) is 17.0 Å². The van der Waals surface area contributed by atoms with Crippen molar-refractivity contribution < 1.29 is 81.8 Å². The number of aliphatic hydroxyl groups is 3. The fourth-order valence-corrected chi connectivity index (χ4v) is 3.72. The van der Waals surface area contributed by atoms with Crippen LogP contribution in [0, 0.1) is 5.92 Å². The largest absolute Gasteiger partial charge is 0.397 e. The van der Waals surface area contributed by atoms with Crippen LogP contribution in [0.1, 0.15) is 6.92 Å². The first-order chi connectivity index (χ1) is 15.1. The van der Waals surface area contributed by atoms with Crippen molar-refractivity contribution in [2.75, 3.05) is 20.3 Å². The summed E-state index contributed by atoms with van der Waals surface area (Å²) in [6.45, 7) is -0.0755. The third kappa shape index (κ3) is 6.70. The fraction of sp³-hybridized carbons (Fsp3) is 1.00. The zero-order valence-corrected chi connectivity index (χ0v) is 17.6. The van der Waals surface area contributed by atoms with Crippen LogP contribution in [-0.4, -0.2) is 114 Å². The molecule has 2 aliphatic heterocycles. The second-order valence-electron chi connectivity index (χ2n) is 6.93. The first-order valence-corrected chi connectivity index (χ1v) is 10.5. The van der Waals surface area contributed by atoms with E-state index in [1.165, 1.54) is 6.92 Å². The molecule has 17 nitrogen and oxygen atoms in total. The van der Waals surface area contributed by atoms with Gasteiger partial charge in [0, 0.05) is 13.0 Å². The minimum absolute atomic E-state index is 0.653. The third-order valence-electron chi connectivity index (χ3n) is 5.02. The van der Waals surface area contributed by atoms with Gasteiger partial charge in [0.1, 0.15) is 36.6 Å². The lowest BCUT2D eigenvalue weighted by atomic mass is 9.90. The molecule has 32 heavy (non-hydrogen) atoms. The van der Waals surface area contributed by atoms with Gasteiger partial charge in [-0.25, -0.2) is 14.7 Å². The molecule has 0 aliphatic carbocycles. The molecule has 10 atom stereocenters. The minimum atomic E-state index is -4.91. The molecule has 2 rings (SSSR count). The Balaban J connectivity index is 2.25. The zero-order valence-electron chi connectivity index (χ0n) is 16.8. The maximum atomic E-state index is 11.0. The van der Waals surface area contributed by atoms with Crippen LogP contribution in [-0.2, 0) is 53.4 Å². The summed E-state index contributed by atoms with van der Waals surface area (Å²) in [5.74, 6) is -0.855. The maximum Gasteiger partial charge on any atom is 0.397 e. The second kappa shape index (κ2) is 12.2. The molecule has 5 unspecified atom stereocenters. The van der Waals surface area contributed by atoms with Crippen molar-refractivity contribution in [3.05, 3.63) is 0 Å². The van der Waals surface area contributed by atoms with E-state index < -0.39 is 84.8 Å². The standard InChI is InChI=1S/C14H26O17S/c1-5-8(16)13(25-6(3-15)10(5)28-30-18)27-11-7(4-24-32(20,21)22)26-14(23-2)12(9(11)17)29-31-19/h5-19H,3-4H2,1-2H3,(H,20,21,22)/t5?,6?,7?,8-,9?,10+,11-,12-,13?,14-/m0/s1. The highest BCUT2D eigenvalue weighted by Gasteiger charge is 2.52. The van der Waals surface area contributed by atoms with Crippen molar-refractivity contribution >= 4 is 10.4 Å². The number of methoxy groups -OCH3 is 1. The molecule has 0 spiro atoms. The summed E-state index contributed by atoms with van der Waals surface area (Å²) in [6.07, 6.45) is -13.1. The van der Waals surface area contributed by atoms with Crippen LogP contribution in [0.25, 0.3) is 0 Å². The summed E-state index contributed by atoms with van der Waals surface area (Å²) in [6, 6.07) is 0. The molecule has 2 aliphatic rings. The van der Waals surface area contributed by atoms with Crippen LogP contribution < -0.4 is 0 Å². The number of hydrogen-bond acceptors (Lipinski definition) is 16. The molecule has 0 aromatic heterocycles. The van der Waals surface area contributed by atoms with Crippen molar-refractivity contribution in [2.24, 2.45) is 5.92 Å². The van der Waals surface area contributed by atoms with Gasteiger partial charge in [0.15, 0.2) is 18.7 Å². The van der Waals surface area contributed by atoms with Crippen molar-refractivity contribution in [3.63, 3.8) is 0 Å². The third-order valence-corrected chi connectivity index (χ3v) is 5.45. The molecule has 6 N–H and O–H groups in total. The predicted octanol–water partition coefficient (Wildman–Crippen LogP) is -2.78. The van der Waals surface area contributed by atoms with Gasteiger partial charge < -0.3 is 34.3 Å². The molecule has 18 heteroatoms. The highest BCUT2D eigenvalue weighted by atomic mass is 32.3. The zero-order chi connectivity index (χ0) is 24.1. The van der Waals surface area contributed by atoms with E-state index in [-0.39, 0.29) is 0 Å². The predicted molar refractivity (Wildman–Crippen MR) is 92.1 cm³/mol. The van der Waals surface area contributed by atoms with Crippen LogP contribution in [0.4, 0.5) is 0 Å². The summed E-state index contributed by atoms with van der Waals surface area (Å²) >= 11 is 0. The lowest BCUT2D eigenvalue weighted by molar-refractivity contribution is -0.534. The first kappa shape index (κ1) is 27.6. The molecule has 0 amide bonds. The van der Waals surface area contributed by atoms with Gasteiger partial charge in [-0.2, -0.15) is 18.2 Å². The lowest BCUT2D eigenvalue weighted by Crippen LogP contribution is -2.64. The van der Waals surface area contributed by atoms with Gasteiger partial charge in [0.2, 0.25) is 0 Å². The highest BCUT2D eigenvalue weighted by Crippen LogP contribution is 2.33. The Morgan fingerprint density at radius 3 is 2.03 bits per heavy atom. The normalized spacial score (nSPS) is 41.0. The molecular formula is C14H26O17S. The summed E-state index contributed by atoms with van der Waals surface area (Å²) < 4.78 is 56.4. The molecule has 2 saturated heterocycles. The Morgan fingerprint density at radius 2 is 1.50 bits per heavy atom. The van der Waals surface area contributed by atoms with E-state index in [0.29, 0.717) is 0 Å². The Bertz CT molecular complexity index is 660. The smallest absolute Gasteiger partial charge is 0.394 e. The van der Waals surface area contributed by atoms with Gasteiger partial charge in [-0.05, 0) is 0 Å². The van der Waals surface area contributed by atoms with E-state index in [0.717, 1.165) is 7.11 Å². The Kier molecular flexibility index (Phi) is 10.5. The average Bonchev–Trinajstić information content (AvgIpc) is 2.74. The second-order valence-corrected chi connectivity index (χ2v) is 8.02. The molecule has 2 heterocycles. The Labute approximate surface area is 181 Å². The van der Waals surface area contributed by atoms with Crippen LogP contribution in [0.2, 0.25) is 0 Å². The summed E-state index contributed by atoms with van der Waals surface area (Å²) in [5.41, 5.74) is 0. The molecule has 0 radical (unpaired) electrons. The highest BCUT2D eigenvalue weighted by molar-refractivity contribution is 7.80. The lowest BCUT2D eigenvalue weighted by Gasteiger charge is -2.46. The SMILES string of the molecule is CO[C@H]1OC(COS(=O)(=O)O)[C@H](OC2OC(CO)[C@H](OOO)C(C)[C@@H]2O)C(O)[C@@H]1OOO. The van der Waals surface area contributed by atoms with Crippen molar-refractivity contribution in [3.8, 4) is 0 Å². The topological polar surface area (TPSA) is 239 Å². The van der Waals surface area contributed by atoms with Gasteiger partial charge in [-0.3, -0.25) is 4.55 Å². The molecule has 190 valence electrons. The van der Waals surface area contributed by atoms with Crippen LogP contribution in [0.15, 0.2) is 0 Å². The van der Waals surface area contributed by atoms with E-state index in [4.69, 9.17) is 34.0 Å². The summed E-state index contributed by atoms with van der Waals surface area (Å²) in [5, 5.41) is 55.0. The summed E-state index contributed by atoms with van der Waals surface area (Å²) in [7, 11) is -3.78. The molecule has 0 aromatic carbocycles. The molecule has 0 aromatic rings. The van der Waals surface area contributed by atoms with Crippen molar-refractivity contribution in [1.29, 1.82) is 0 Å². The monoisotopic (exact) mass is 498 g/mol. The van der Waals surface area contributed by atoms with E-state index >= 15 is 0 Å². The molecule has 2 fully saturated rings. The van der Waals surface area contributed by atoms with Crippen LogP contribution in [0.5, 0.6) is 0 Å². The van der Waals surface area contributed by atoms with E-state index in [2.05, 4.69) is 24.0 Å². The molecular weight excluding hydrogens is 472 g/mol. The molecule has 0 bridgehead atoms. The Hall–Kier alpha value is -0.650. The van der Waals surface area contributed by atoms with E-state index in [1.807, 2.05) is 0 Å². The molecule has 0 saturated carbocycles. The van der Waals surface area contributed by atoms with Gasteiger partial charge in [0.05, 0.1) is 13.2 Å². The number of aliphatic hydroxyl groups excluding tert-OH is 3. The number of rotatable bonds is 11. The van der Waals surface area contributed by atoms with Gasteiger partial charge in [-0.15, -0.1) is 0 Å². The van der Waals surface area contributed by atoms with Crippen molar-refractivity contribution in [2.45, 2.75) is 62.2 Å². The Morgan fingerprint density at radius 1 is 0.906 bits per heavy atom. The van der Waals surface area contributed by atoms with Crippen LogP contribution >= 0.6 is 0 Å². The van der Waals surface area contributed by atoms with Crippen LogP contribution in [0.3, 0.4) is 0 Å². The first-order valence-electron chi connectivity index (χ1n) is 9.09.